The molecule has 0 spiro atoms. The highest BCUT2D eigenvalue weighted by molar-refractivity contribution is 7.07. The molecular weight excluding hydrogens is 346 g/mol. The summed E-state index contributed by atoms with van der Waals surface area (Å²) in [7, 11) is 1.51. The number of carbonyl (C=O) groups excluding carboxylic acids is 3. The number of benzene rings is 1. The monoisotopic (exact) mass is 363 g/mol. The fourth-order valence-electron chi connectivity index (χ4n) is 2.00. The molecule has 1 aromatic heterocycles. The van der Waals surface area contributed by atoms with Crippen LogP contribution in [0.3, 0.4) is 0 Å². The van der Waals surface area contributed by atoms with E-state index in [0.717, 1.165) is 11.3 Å². The van der Waals surface area contributed by atoms with Gasteiger partial charge in [0.2, 0.25) is 0 Å². The minimum atomic E-state index is -0.683. The lowest BCUT2D eigenvalue weighted by atomic mass is 10.2. The number of carbonyl (C=O) groups is 3. The molecule has 132 valence electrons. The minimum absolute atomic E-state index is 0.242. The van der Waals surface area contributed by atoms with Crippen molar-refractivity contribution in [3.8, 4) is 0 Å². The predicted octanol–water partition coefficient (Wildman–Crippen LogP) is 0.760. The first-order valence-corrected chi connectivity index (χ1v) is 8.21. The molecule has 0 saturated heterocycles. The summed E-state index contributed by atoms with van der Waals surface area (Å²) in [6, 6.07) is 6.35. The van der Waals surface area contributed by atoms with Crippen molar-refractivity contribution in [2.75, 3.05) is 19.0 Å². The standard InChI is InChI=1S/C16H17N3O5S/c1-10-9-25-16(23)19(10)7-14(21)24-8-13(20)18-12-5-3-4-11(6-12)15(22)17-2/h3-6,9H,7-8H2,1-2H3,(H,17,22)(H,18,20). The van der Waals surface area contributed by atoms with Crippen molar-refractivity contribution in [2.45, 2.75) is 13.5 Å². The molecule has 2 aromatic rings. The number of esters is 1. The molecule has 1 heterocycles. The van der Waals surface area contributed by atoms with E-state index < -0.39 is 18.5 Å². The summed E-state index contributed by atoms with van der Waals surface area (Å²) >= 11 is 0.992. The Morgan fingerprint density at radius 3 is 2.68 bits per heavy atom. The van der Waals surface area contributed by atoms with E-state index in [2.05, 4.69) is 10.6 Å². The van der Waals surface area contributed by atoms with Gasteiger partial charge in [0.05, 0.1) is 0 Å². The summed E-state index contributed by atoms with van der Waals surface area (Å²) < 4.78 is 6.15. The van der Waals surface area contributed by atoms with Gasteiger partial charge in [-0.2, -0.15) is 0 Å². The number of hydrogen-bond donors (Lipinski definition) is 2. The van der Waals surface area contributed by atoms with Crippen LogP contribution >= 0.6 is 11.3 Å². The summed E-state index contributed by atoms with van der Waals surface area (Å²) in [4.78, 5) is 46.4. The highest BCUT2D eigenvalue weighted by Crippen LogP contribution is 2.10. The topological polar surface area (TPSA) is 106 Å². The molecule has 25 heavy (non-hydrogen) atoms. The van der Waals surface area contributed by atoms with Gasteiger partial charge in [0, 0.05) is 29.4 Å². The number of hydrogen-bond acceptors (Lipinski definition) is 6. The van der Waals surface area contributed by atoms with Crippen molar-refractivity contribution in [3.05, 3.63) is 50.6 Å². The maximum absolute atomic E-state index is 11.8. The fourth-order valence-corrected chi connectivity index (χ4v) is 2.73. The lowest BCUT2D eigenvalue weighted by Gasteiger charge is -2.08. The first-order valence-electron chi connectivity index (χ1n) is 7.33. The Morgan fingerprint density at radius 2 is 2.04 bits per heavy atom. The van der Waals surface area contributed by atoms with Crippen LogP contribution in [0.2, 0.25) is 0 Å². The molecule has 8 nitrogen and oxygen atoms in total. The number of amides is 2. The highest BCUT2D eigenvalue weighted by Gasteiger charge is 2.12. The van der Waals surface area contributed by atoms with E-state index in [-0.39, 0.29) is 17.3 Å². The van der Waals surface area contributed by atoms with Gasteiger partial charge < -0.3 is 15.4 Å². The summed E-state index contributed by atoms with van der Waals surface area (Å²) in [5.74, 6) is -1.51. The zero-order valence-electron chi connectivity index (χ0n) is 13.7. The van der Waals surface area contributed by atoms with E-state index in [1.54, 1.807) is 30.5 Å². The average molecular weight is 363 g/mol. The quantitative estimate of drug-likeness (QED) is 0.737. The Kier molecular flexibility index (Phi) is 6.07. The van der Waals surface area contributed by atoms with Gasteiger partial charge in [0.25, 0.3) is 11.8 Å². The van der Waals surface area contributed by atoms with Crippen molar-refractivity contribution in [1.82, 2.24) is 9.88 Å². The third-order valence-electron chi connectivity index (χ3n) is 3.26. The van der Waals surface area contributed by atoms with E-state index in [4.69, 9.17) is 4.74 Å². The van der Waals surface area contributed by atoms with Gasteiger partial charge in [-0.25, -0.2) is 0 Å². The molecular formula is C16H17N3O5S. The Balaban J connectivity index is 1.87. The number of thiazole rings is 1. The van der Waals surface area contributed by atoms with Crippen LogP contribution in [0.4, 0.5) is 5.69 Å². The molecule has 0 aliphatic rings. The van der Waals surface area contributed by atoms with Gasteiger partial charge in [-0.3, -0.25) is 23.7 Å². The Bertz CT molecular complexity index is 855. The van der Waals surface area contributed by atoms with Gasteiger partial charge in [-0.15, -0.1) is 0 Å². The molecule has 0 aliphatic heterocycles. The van der Waals surface area contributed by atoms with E-state index in [1.165, 1.54) is 17.7 Å². The fraction of sp³-hybridized carbons (Fsp3) is 0.250. The third kappa shape index (κ3) is 5.01. The number of nitrogens with one attached hydrogen (secondary N) is 2. The molecule has 2 amide bonds. The lowest BCUT2D eigenvalue weighted by molar-refractivity contribution is -0.147. The van der Waals surface area contributed by atoms with Gasteiger partial charge in [0.15, 0.2) is 6.61 Å². The first-order chi connectivity index (χ1) is 11.9. The molecule has 0 fully saturated rings. The van der Waals surface area contributed by atoms with Crippen molar-refractivity contribution < 1.29 is 19.1 Å². The normalized spacial score (nSPS) is 10.2. The second-order valence-corrected chi connectivity index (χ2v) is 5.92. The van der Waals surface area contributed by atoms with E-state index in [9.17, 15) is 19.2 Å². The van der Waals surface area contributed by atoms with Crippen molar-refractivity contribution >= 4 is 34.8 Å². The number of ether oxygens (including phenoxy) is 1. The second-order valence-electron chi connectivity index (χ2n) is 5.10. The molecule has 9 heteroatoms. The maximum Gasteiger partial charge on any atom is 0.326 e. The minimum Gasteiger partial charge on any atom is -0.454 e. The molecule has 1 aromatic carbocycles. The second kappa shape index (κ2) is 8.25. The molecule has 0 radical (unpaired) electrons. The zero-order valence-corrected chi connectivity index (χ0v) is 14.5. The summed E-state index contributed by atoms with van der Waals surface area (Å²) in [6.45, 7) is 0.978. The Hall–Kier alpha value is -2.94. The molecule has 0 saturated carbocycles. The first kappa shape index (κ1) is 18.4. The van der Waals surface area contributed by atoms with Crippen LogP contribution in [0, 0.1) is 6.92 Å². The predicted molar refractivity (Wildman–Crippen MR) is 92.7 cm³/mol. The van der Waals surface area contributed by atoms with Crippen LogP contribution in [-0.4, -0.2) is 36.0 Å². The molecule has 0 atom stereocenters. The smallest absolute Gasteiger partial charge is 0.326 e. The Labute approximate surface area is 147 Å². The molecule has 0 bridgehead atoms. The van der Waals surface area contributed by atoms with Gasteiger partial charge >= 0.3 is 10.8 Å². The van der Waals surface area contributed by atoms with Crippen LogP contribution in [0.15, 0.2) is 34.4 Å². The summed E-state index contributed by atoms with van der Waals surface area (Å²) in [5.41, 5.74) is 1.46. The van der Waals surface area contributed by atoms with Crippen molar-refractivity contribution in [1.29, 1.82) is 0 Å². The molecule has 0 aliphatic carbocycles. The van der Waals surface area contributed by atoms with Gasteiger partial charge in [-0.1, -0.05) is 17.4 Å². The van der Waals surface area contributed by atoms with Crippen LogP contribution in [0.25, 0.3) is 0 Å². The third-order valence-corrected chi connectivity index (χ3v) is 4.14. The summed E-state index contributed by atoms with van der Waals surface area (Å²) in [6.07, 6.45) is 0. The summed E-state index contributed by atoms with van der Waals surface area (Å²) in [5, 5.41) is 6.66. The number of aryl methyl sites for hydroxylation is 1. The lowest BCUT2D eigenvalue weighted by Crippen LogP contribution is -2.26. The largest absolute Gasteiger partial charge is 0.454 e. The SMILES string of the molecule is CNC(=O)c1cccc(NC(=O)COC(=O)Cn2c(C)csc2=O)c1. The Morgan fingerprint density at radius 1 is 1.28 bits per heavy atom. The zero-order chi connectivity index (χ0) is 18.4. The number of aromatic nitrogens is 1. The average Bonchev–Trinajstić information content (AvgIpc) is 2.91. The number of nitrogens with zero attached hydrogens (tertiary/aromatic N) is 1. The highest BCUT2D eigenvalue weighted by atomic mass is 32.1. The number of rotatable bonds is 6. The van der Waals surface area contributed by atoms with E-state index in [1.807, 2.05) is 0 Å². The van der Waals surface area contributed by atoms with Crippen LogP contribution < -0.4 is 15.5 Å². The van der Waals surface area contributed by atoms with Gasteiger partial charge in [-0.05, 0) is 25.1 Å². The van der Waals surface area contributed by atoms with Crippen LogP contribution in [-0.2, 0) is 20.9 Å². The van der Waals surface area contributed by atoms with E-state index in [0.29, 0.717) is 16.9 Å². The molecule has 0 unspecified atom stereocenters. The van der Waals surface area contributed by atoms with E-state index >= 15 is 0 Å². The molecule has 2 rings (SSSR count). The van der Waals surface area contributed by atoms with Crippen molar-refractivity contribution in [3.63, 3.8) is 0 Å². The molecule has 2 N–H and O–H groups in total. The van der Waals surface area contributed by atoms with Crippen molar-refractivity contribution in [2.24, 2.45) is 0 Å². The van der Waals surface area contributed by atoms with Crippen LogP contribution in [0.1, 0.15) is 16.1 Å². The maximum atomic E-state index is 11.8. The number of anilines is 1. The van der Waals surface area contributed by atoms with Gasteiger partial charge in [0.1, 0.15) is 6.54 Å². The van der Waals surface area contributed by atoms with Crippen LogP contribution in [0.5, 0.6) is 0 Å².